The van der Waals surface area contributed by atoms with Gasteiger partial charge in [-0.3, -0.25) is 4.79 Å². The van der Waals surface area contributed by atoms with Crippen molar-refractivity contribution in [2.75, 3.05) is 11.4 Å². The van der Waals surface area contributed by atoms with E-state index in [9.17, 15) is 14.3 Å². The van der Waals surface area contributed by atoms with Gasteiger partial charge in [0.2, 0.25) is 0 Å². The third-order valence-corrected chi connectivity index (χ3v) is 3.91. The molecule has 0 aliphatic carbocycles. The second-order valence-corrected chi connectivity index (χ2v) is 5.81. The zero-order valence-corrected chi connectivity index (χ0v) is 11.6. The topological polar surface area (TPSA) is 40.5 Å². The van der Waals surface area contributed by atoms with Gasteiger partial charge in [0.1, 0.15) is 5.82 Å². The van der Waals surface area contributed by atoms with Gasteiger partial charge in [0.25, 0.3) is 0 Å². The Labute approximate surface area is 113 Å². The molecule has 0 saturated heterocycles. The van der Waals surface area contributed by atoms with Crippen LogP contribution in [0.4, 0.5) is 10.1 Å². The summed E-state index contributed by atoms with van der Waals surface area (Å²) < 4.78 is 13.3. The van der Waals surface area contributed by atoms with Gasteiger partial charge in [0.15, 0.2) is 0 Å². The number of carboxylic acid groups (broad SMARTS) is 1. The lowest BCUT2D eigenvalue weighted by Crippen LogP contribution is -2.38. The summed E-state index contributed by atoms with van der Waals surface area (Å²) in [5, 5.41) is 9.24. The molecule has 0 spiro atoms. The minimum absolute atomic E-state index is 0.132. The summed E-state index contributed by atoms with van der Waals surface area (Å²) >= 11 is 0. The number of aliphatic carboxylic acids is 1. The molecule has 1 aromatic rings. The van der Waals surface area contributed by atoms with Gasteiger partial charge in [-0.2, -0.15) is 0 Å². The number of rotatable bonds is 4. The quantitative estimate of drug-likeness (QED) is 0.909. The van der Waals surface area contributed by atoms with Gasteiger partial charge in [-0.15, -0.1) is 0 Å². The SMILES string of the molecule is CCN1c2ccc(F)cc2CC1CC(C)(C)C(=O)O. The van der Waals surface area contributed by atoms with Crippen molar-refractivity contribution in [3.63, 3.8) is 0 Å². The highest BCUT2D eigenvalue weighted by molar-refractivity contribution is 5.74. The number of hydrogen-bond donors (Lipinski definition) is 1. The average molecular weight is 265 g/mol. The molecular formula is C15H20FNO2. The maximum absolute atomic E-state index is 13.3. The van der Waals surface area contributed by atoms with Crippen LogP contribution in [0, 0.1) is 11.2 Å². The molecule has 1 heterocycles. The van der Waals surface area contributed by atoms with Crippen molar-refractivity contribution in [3.05, 3.63) is 29.6 Å². The second-order valence-electron chi connectivity index (χ2n) is 5.81. The predicted molar refractivity (Wildman–Crippen MR) is 72.9 cm³/mol. The Morgan fingerprint density at radius 1 is 1.53 bits per heavy atom. The van der Waals surface area contributed by atoms with Crippen LogP contribution in [-0.2, 0) is 11.2 Å². The molecule has 2 rings (SSSR count). The maximum atomic E-state index is 13.3. The van der Waals surface area contributed by atoms with Crippen molar-refractivity contribution < 1.29 is 14.3 Å². The molecule has 19 heavy (non-hydrogen) atoms. The van der Waals surface area contributed by atoms with Crippen LogP contribution >= 0.6 is 0 Å². The van der Waals surface area contributed by atoms with Gasteiger partial charge >= 0.3 is 5.97 Å². The molecule has 4 heteroatoms. The number of hydrogen-bond acceptors (Lipinski definition) is 2. The van der Waals surface area contributed by atoms with Crippen molar-refractivity contribution in [3.8, 4) is 0 Å². The standard InChI is InChI=1S/C15H20FNO2/c1-4-17-12(9-15(2,3)14(18)19)8-10-7-11(16)5-6-13(10)17/h5-7,12H,4,8-9H2,1-3H3,(H,18,19). The molecule has 3 nitrogen and oxygen atoms in total. The second kappa shape index (κ2) is 4.83. The molecule has 104 valence electrons. The monoisotopic (exact) mass is 265 g/mol. The molecule has 1 atom stereocenters. The van der Waals surface area contributed by atoms with Crippen LogP contribution < -0.4 is 4.90 Å². The van der Waals surface area contributed by atoms with Gasteiger partial charge in [-0.1, -0.05) is 0 Å². The first-order valence-corrected chi connectivity index (χ1v) is 6.63. The van der Waals surface area contributed by atoms with E-state index in [1.165, 1.54) is 6.07 Å². The van der Waals surface area contributed by atoms with E-state index in [2.05, 4.69) is 4.90 Å². The number of nitrogens with zero attached hydrogens (tertiary/aromatic N) is 1. The highest BCUT2D eigenvalue weighted by atomic mass is 19.1. The summed E-state index contributed by atoms with van der Waals surface area (Å²) in [5.74, 6) is -1.02. The fraction of sp³-hybridized carbons (Fsp3) is 0.533. The number of fused-ring (bicyclic) bond motifs is 1. The van der Waals surface area contributed by atoms with Crippen molar-refractivity contribution in [1.29, 1.82) is 0 Å². The Hall–Kier alpha value is -1.58. The van der Waals surface area contributed by atoms with Crippen LogP contribution in [0.3, 0.4) is 0 Å². The summed E-state index contributed by atoms with van der Waals surface area (Å²) in [4.78, 5) is 13.4. The van der Waals surface area contributed by atoms with E-state index in [0.717, 1.165) is 24.2 Å². The lowest BCUT2D eigenvalue weighted by atomic mass is 9.84. The Morgan fingerprint density at radius 2 is 2.21 bits per heavy atom. The van der Waals surface area contributed by atoms with Crippen LogP contribution in [0.15, 0.2) is 18.2 Å². The Morgan fingerprint density at radius 3 is 2.79 bits per heavy atom. The van der Waals surface area contributed by atoms with Gasteiger partial charge < -0.3 is 10.0 Å². The Kier molecular flexibility index (Phi) is 3.52. The lowest BCUT2D eigenvalue weighted by Gasteiger charge is -2.31. The van der Waals surface area contributed by atoms with Crippen LogP contribution in [0.2, 0.25) is 0 Å². The molecule has 1 unspecified atom stereocenters. The number of halogens is 1. The van der Waals surface area contributed by atoms with E-state index in [1.807, 2.05) is 6.92 Å². The van der Waals surface area contributed by atoms with Gasteiger partial charge in [0, 0.05) is 18.3 Å². The van der Waals surface area contributed by atoms with E-state index < -0.39 is 11.4 Å². The number of benzene rings is 1. The van der Waals surface area contributed by atoms with E-state index in [1.54, 1.807) is 26.0 Å². The number of anilines is 1. The smallest absolute Gasteiger partial charge is 0.309 e. The first kappa shape index (κ1) is 13.8. The fourth-order valence-corrected chi connectivity index (χ4v) is 2.85. The van der Waals surface area contributed by atoms with E-state index in [4.69, 9.17) is 0 Å². The van der Waals surface area contributed by atoms with Crippen molar-refractivity contribution in [2.24, 2.45) is 5.41 Å². The zero-order valence-electron chi connectivity index (χ0n) is 11.6. The van der Waals surface area contributed by atoms with Crippen molar-refractivity contribution in [2.45, 2.75) is 39.7 Å². The first-order chi connectivity index (χ1) is 8.85. The summed E-state index contributed by atoms with van der Waals surface area (Å²) in [5.41, 5.74) is 1.25. The molecule has 0 radical (unpaired) electrons. The highest BCUT2D eigenvalue weighted by Gasteiger charge is 2.36. The summed E-state index contributed by atoms with van der Waals surface area (Å²) in [6.07, 6.45) is 1.28. The molecule has 0 amide bonds. The van der Waals surface area contributed by atoms with Crippen LogP contribution in [-0.4, -0.2) is 23.7 Å². The molecule has 0 aromatic heterocycles. The zero-order chi connectivity index (χ0) is 14.2. The first-order valence-electron chi connectivity index (χ1n) is 6.63. The van der Waals surface area contributed by atoms with Gasteiger partial charge in [-0.05, 0) is 57.4 Å². The van der Waals surface area contributed by atoms with E-state index >= 15 is 0 Å². The third-order valence-electron chi connectivity index (χ3n) is 3.91. The normalized spacial score (nSPS) is 18.5. The van der Waals surface area contributed by atoms with E-state index in [-0.39, 0.29) is 11.9 Å². The lowest BCUT2D eigenvalue weighted by molar-refractivity contribution is -0.147. The van der Waals surface area contributed by atoms with Gasteiger partial charge in [0.05, 0.1) is 5.41 Å². The van der Waals surface area contributed by atoms with Crippen LogP contribution in [0.25, 0.3) is 0 Å². The van der Waals surface area contributed by atoms with Gasteiger partial charge in [-0.25, -0.2) is 4.39 Å². The largest absolute Gasteiger partial charge is 0.481 e. The fourth-order valence-electron chi connectivity index (χ4n) is 2.85. The summed E-state index contributed by atoms with van der Waals surface area (Å²) in [7, 11) is 0. The molecule has 1 aliphatic rings. The summed E-state index contributed by atoms with van der Waals surface area (Å²) in [6, 6.07) is 4.95. The third kappa shape index (κ3) is 2.57. The molecule has 1 aromatic carbocycles. The molecule has 0 fully saturated rings. The average Bonchev–Trinajstić information content (AvgIpc) is 2.64. The van der Waals surface area contributed by atoms with Crippen LogP contribution in [0.1, 0.15) is 32.8 Å². The molecule has 0 saturated carbocycles. The minimum atomic E-state index is -0.786. The number of carbonyl (C=O) groups is 1. The van der Waals surface area contributed by atoms with Crippen molar-refractivity contribution in [1.82, 2.24) is 0 Å². The Balaban J connectivity index is 2.24. The molecule has 0 bridgehead atoms. The Bertz CT molecular complexity index is 499. The maximum Gasteiger partial charge on any atom is 0.309 e. The number of likely N-dealkylation sites (N-methyl/N-ethyl adjacent to an activating group) is 1. The van der Waals surface area contributed by atoms with Crippen LogP contribution in [0.5, 0.6) is 0 Å². The van der Waals surface area contributed by atoms with E-state index in [0.29, 0.717) is 6.42 Å². The molecule has 1 aliphatic heterocycles. The number of carboxylic acids is 1. The minimum Gasteiger partial charge on any atom is -0.481 e. The predicted octanol–water partition coefficient (Wildman–Crippen LogP) is 3.08. The highest BCUT2D eigenvalue weighted by Crippen LogP contribution is 2.37. The van der Waals surface area contributed by atoms with Crippen molar-refractivity contribution >= 4 is 11.7 Å². The summed E-state index contributed by atoms with van der Waals surface area (Å²) in [6.45, 7) is 6.33. The molecular weight excluding hydrogens is 245 g/mol. The molecule has 1 N–H and O–H groups in total.